The standard InChI is InChI=1S/C10H11N3OS/c1-14-9-4-2-8(3-5-9)6-13-10(12)15-7-11/h2-5H,6H2,1H3,(H2,12,13). The molecular weight excluding hydrogens is 210 g/mol. The second-order valence-electron chi connectivity index (χ2n) is 2.70. The first-order valence-corrected chi connectivity index (χ1v) is 5.06. The highest BCUT2D eigenvalue weighted by Crippen LogP contribution is 2.12. The minimum Gasteiger partial charge on any atom is -0.497 e. The van der Waals surface area contributed by atoms with Gasteiger partial charge in [-0.2, -0.15) is 5.26 Å². The molecule has 0 unspecified atom stereocenters. The third-order valence-electron chi connectivity index (χ3n) is 1.73. The Balaban J connectivity index is 2.58. The topological polar surface area (TPSA) is 71.4 Å². The largest absolute Gasteiger partial charge is 0.497 e. The van der Waals surface area contributed by atoms with E-state index >= 15 is 0 Å². The van der Waals surface area contributed by atoms with E-state index in [0.717, 1.165) is 23.1 Å². The van der Waals surface area contributed by atoms with Gasteiger partial charge in [0, 0.05) is 11.8 Å². The third-order valence-corrected chi connectivity index (χ3v) is 2.16. The second-order valence-corrected chi connectivity index (χ2v) is 3.50. The molecular formula is C10H11N3OS. The highest BCUT2D eigenvalue weighted by molar-refractivity contribution is 8.17. The number of ether oxygens (including phenoxy) is 1. The molecule has 78 valence electrons. The van der Waals surface area contributed by atoms with Crippen molar-refractivity contribution in [2.45, 2.75) is 6.54 Å². The van der Waals surface area contributed by atoms with E-state index in [1.165, 1.54) is 0 Å². The summed E-state index contributed by atoms with van der Waals surface area (Å²) in [5.41, 5.74) is 6.48. The maximum absolute atomic E-state index is 8.34. The smallest absolute Gasteiger partial charge is 0.169 e. The van der Waals surface area contributed by atoms with Crippen LogP contribution in [-0.2, 0) is 6.54 Å². The van der Waals surface area contributed by atoms with Crippen LogP contribution in [0.25, 0.3) is 0 Å². The lowest BCUT2D eigenvalue weighted by Gasteiger charge is -2.00. The van der Waals surface area contributed by atoms with Crippen molar-refractivity contribution >= 4 is 16.9 Å². The fourth-order valence-corrected chi connectivity index (χ4v) is 1.20. The number of benzene rings is 1. The van der Waals surface area contributed by atoms with E-state index in [-0.39, 0.29) is 5.17 Å². The van der Waals surface area contributed by atoms with Crippen LogP contribution >= 0.6 is 11.8 Å². The highest BCUT2D eigenvalue weighted by atomic mass is 32.2. The molecule has 1 aromatic carbocycles. The van der Waals surface area contributed by atoms with Crippen molar-refractivity contribution in [3.63, 3.8) is 0 Å². The lowest BCUT2D eigenvalue weighted by molar-refractivity contribution is 0.414. The van der Waals surface area contributed by atoms with Crippen LogP contribution in [0.2, 0.25) is 0 Å². The number of nitrogens with two attached hydrogens (primary N) is 1. The molecule has 5 heteroatoms. The number of thioether (sulfide) groups is 1. The molecule has 15 heavy (non-hydrogen) atoms. The van der Waals surface area contributed by atoms with Crippen molar-refractivity contribution in [1.82, 2.24) is 0 Å². The molecule has 0 radical (unpaired) electrons. The molecule has 0 saturated carbocycles. The summed E-state index contributed by atoms with van der Waals surface area (Å²) >= 11 is 0.867. The second kappa shape index (κ2) is 5.94. The first kappa shape index (κ1) is 11.4. The predicted octanol–water partition coefficient (Wildman–Crippen LogP) is 1.72. The Morgan fingerprint density at radius 3 is 2.73 bits per heavy atom. The normalized spacial score (nSPS) is 10.8. The van der Waals surface area contributed by atoms with Crippen LogP contribution in [-0.4, -0.2) is 12.3 Å². The van der Waals surface area contributed by atoms with Crippen molar-refractivity contribution in [1.29, 1.82) is 5.26 Å². The van der Waals surface area contributed by atoms with Crippen LogP contribution < -0.4 is 10.5 Å². The van der Waals surface area contributed by atoms with E-state index in [2.05, 4.69) is 4.99 Å². The molecule has 0 heterocycles. The maximum Gasteiger partial charge on any atom is 0.169 e. The molecule has 0 saturated heterocycles. The highest BCUT2D eigenvalue weighted by Gasteiger charge is 1.95. The van der Waals surface area contributed by atoms with Crippen molar-refractivity contribution in [2.24, 2.45) is 10.7 Å². The van der Waals surface area contributed by atoms with Crippen LogP contribution in [0.3, 0.4) is 0 Å². The molecule has 0 fully saturated rings. The van der Waals surface area contributed by atoms with Gasteiger partial charge >= 0.3 is 0 Å². The number of methoxy groups -OCH3 is 1. The lowest BCUT2D eigenvalue weighted by Crippen LogP contribution is -2.05. The molecule has 0 amide bonds. The fourth-order valence-electron chi connectivity index (χ4n) is 0.979. The van der Waals surface area contributed by atoms with Gasteiger partial charge in [0.15, 0.2) is 5.17 Å². The summed E-state index contributed by atoms with van der Waals surface area (Å²) in [6.07, 6.45) is 0. The number of nitriles is 1. The summed E-state index contributed by atoms with van der Waals surface area (Å²) in [7, 11) is 1.62. The number of thiocyanates is 1. The fraction of sp³-hybridized carbons (Fsp3) is 0.200. The SMILES string of the molecule is COc1ccc(CN=C(N)SC#N)cc1. The van der Waals surface area contributed by atoms with E-state index in [0.29, 0.717) is 6.54 Å². The van der Waals surface area contributed by atoms with Crippen molar-refractivity contribution < 1.29 is 4.74 Å². The van der Waals surface area contributed by atoms with Gasteiger partial charge in [-0.3, -0.25) is 4.99 Å². The van der Waals surface area contributed by atoms with Crippen molar-refractivity contribution in [3.05, 3.63) is 29.8 Å². The van der Waals surface area contributed by atoms with E-state index in [1.54, 1.807) is 7.11 Å². The van der Waals surface area contributed by atoms with E-state index in [1.807, 2.05) is 29.7 Å². The van der Waals surface area contributed by atoms with Crippen molar-refractivity contribution in [3.8, 4) is 11.2 Å². The first-order valence-electron chi connectivity index (χ1n) is 4.25. The zero-order valence-corrected chi connectivity index (χ0v) is 9.12. The van der Waals surface area contributed by atoms with Gasteiger partial charge in [0.05, 0.1) is 13.7 Å². The number of amidine groups is 1. The Bertz CT molecular complexity index is 381. The molecule has 0 atom stereocenters. The van der Waals surface area contributed by atoms with E-state index in [4.69, 9.17) is 15.7 Å². The molecule has 0 aliphatic heterocycles. The third kappa shape index (κ3) is 3.92. The summed E-state index contributed by atoms with van der Waals surface area (Å²) in [5.74, 6) is 0.808. The van der Waals surface area contributed by atoms with Gasteiger partial charge in [-0.05, 0) is 17.7 Å². The number of aliphatic imine (C=N–C) groups is 1. The van der Waals surface area contributed by atoms with Crippen molar-refractivity contribution in [2.75, 3.05) is 7.11 Å². The molecule has 0 aliphatic carbocycles. The van der Waals surface area contributed by atoms with Crippen LogP contribution in [0.1, 0.15) is 5.56 Å². The Hall–Kier alpha value is -1.67. The van der Waals surface area contributed by atoms with Gasteiger partial charge in [0.1, 0.15) is 11.2 Å². The Kier molecular flexibility index (Phi) is 4.51. The average Bonchev–Trinajstić information content (AvgIpc) is 2.27. The minimum atomic E-state index is 0.285. The van der Waals surface area contributed by atoms with Crippen LogP contribution in [0.4, 0.5) is 0 Å². The summed E-state index contributed by atoms with van der Waals surface area (Å²) in [6.45, 7) is 0.477. The Labute approximate surface area is 92.8 Å². The lowest BCUT2D eigenvalue weighted by atomic mass is 10.2. The van der Waals surface area contributed by atoms with Gasteiger partial charge in [0.2, 0.25) is 0 Å². The van der Waals surface area contributed by atoms with E-state index in [9.17, 15) is 0 Å². The van der Waals surface area contributed by atoms with Gasteiger partial charge in [-0.15, -0.1) is 0 Å². The minimum absolute atomic E-state index is 0.285. The molecule has 0 spiro atoms. The van der Waals surface area contributed by atoms with Crippen LogP contribution in [0, 0.1) is 10.7 Å². The van der Waals surface area contributed by atoms with E-state index < -0.39 is 0 Å². The number of hydrogen-bond acceptors (Lipinski definition) is 4. The van der Waals surface area contributed by atoms with Gasteiger partial charge in [-0.25, -0.2) is 0 Å². The monoisotopic (exact) mass is 221 g/mol. The molecule has 0 bridgehead atoms. The summed E-state index contributed by atoms with van der Waals surface area (Å²) in [6, 6.07) is 7.54. The van der Waals surface area contributed by atoms with Gasteiger partial charge in [0.25, 0.3) is 0 Å². The summed E-state index contributed by atoms with van der Waals surface area (Å²) < 4.78 is 5.03. The molecule has 0 aliphatic rings. The Morgan fingerprint density at radius 1 is 1.53 bits per heavy atom. The van der Waals surface area contributed by atoms with Crippen LogP contribution in [0.5, 0.6) is 5.75 Å². The quantitative estimate of drug-likeness (QED) is 0.479. The predicted molar refractivity (Wildman–Crippen MR) is 61.5 cm³/mol. The Morgan fingerprint density at radius 2 is 2.20 bits per heavy atom. The number of nitrogens with zero attached hydrogens (tertiary/aromatic N) is 2. The molecule has 1 rings (SSSR count). The van der Waals surface area contributed by atoms with Gasteiger partial charge in [-0.1, -0.05) is 12.1 Å². The molecule has 0 aromatic heterocycles. The molecule has 2 N–H and O–H groups in total. The molecule has 4 nitrogen and oxygen atoms in total. The number of rotatable bonds is 3. The maximum atomic E-state index is 8.34. The summed E-state index contributed by atoms with van der Waals surface area (Å²) in [5, 5.41) is 10.5. The number of hydrogen-bond donors (Lipinski definition) is 1. The zero-order chi connectivity index (χ0) is 11.1. The average molecular weight is 221 g/mol. The van der Waals surface area contributed by atoms with Gasteiger partial charge < -0.3 is 10.5 Å². The van der Waals surface area contributed by atoms with Crippen LogP contribution in [0.15, 0.2) is 29.3 Å². The first-order chi connectivity index (χ1) is 7.26. The summed E-state index contributed by atoms with van der Waals surface area (Å²) in [4.78, 5) is 4.03. The molecule has 1 aromatic rings. The zero-order valence-electron chi connectivity index (χ0n) is 8.30.